The lowest BCUT2D eigenvalue weighted by molar-refractivity contribution is -0.535. The lowest BCUT2D eigenvalue weighted by Crippen LogP contribution is -2.64. The predicted molar refractivity (Wildman–Crippen MR) is 265 cm³/mol. The van der Waals surface area contributed by atoms with Crippen molar-refractivity contribution < 1.29 is 49.7 Å². The number of nitrogens with one attached hydrogen (secondary N) is 4. The molecule has 0 amide bonds. The second kappa shape index (κ2) is 24.9. The van der Waals surface area contributed by atoms with Gasteiger partial charge >= 0.3 is 11.9 Å². The summed E-state index contributed by atoms with van der Waals surface area (Å²) < 4.78 is 23.3. The number of esters is 2. The Kier molecular flexibility index (Phi) is 19.4. The van der Waals surface area contributed by atoms with Crippen molar-refractivity contribution in [2.24, 2.45) is 0 Å². The van der Waals surface area contributed by atoms with Gasteiger partial charge < -0.3 is 61.4 Å². The van der Waals surface area contributed by atoms with Crippen molar-refractivity contribution in [2.45, 2.75) is 153 Å². The zero-order valence-electron chi connectivity index (χ0n) is 40.1. The van der Waals surface area contributed by atoms with Gasteiger partial charge in [-0.05, 0) is 83.4 Å². The van der Waals surface area contributed by atoms with Gasteiger partial charge in [0.1, 0.15) is 38.6 Å². The van der Waals surface area contributed by atoms with Crippen LogP contribution in [-0.4, -0.2) is 72.9 Å². The van der Waals surface area contributed by atoms with Crippen LogP contribution in [0.5, 0.6) is 0 Å². The summed E-state index contributed by atoms with van der Waals surface area (Å²) in [5, 5.41) is 47.4. The molecule has 3 aliphatic rings. The molecule has 8 N–H and O–H groups in total. The van der Waals surface area contributed by atoms with E-state index in [0.717, 1.165) is 110 Å². The number of unbranched alkanes of at least 4 members (excludes halogenated alkanes) is 8. The highest BCUT2D eigenvalue weighted by atomic mass is 16.5. The Morgan fingerprint density at radius 3 is 1.34 bits per heavy atom. The molecule has 7 rings (SSSR count). The lowest BCUT2D eigenvalue weighted by atomic mass is 9.62. The van der Waals surface area contributed by atoms with Crippen LogP contribution in [0.2, 0.25) is 0 Å². The number of benzene rings is 4. The molecular weight excluding hydrogens is 865 g/mol. The predicted octanol–water partition coefficient (Wildman–Crippen LogP) is 7.33. The molecule has 14 nitrogen and oxygen atoms in total. The highest BCUT2D eigenvalue weighted by Crippen LogP contribution is 2.54. The summed E-state index contributed by atoms with van der Waals surface area (Å²) in [7, 11) is 0. The molecule has 0 spiro atoms. The SMILES string of the molecule is CCCCCOC#CC1(COC(=O)CCCCC)Nc2cccc3ccc(C4C([O-])C(c5ccc6cccc7c6c5NC(C#COCCCCC)(COC(=O)CCCCC)N7)C4[O-])c(c23)N1.O.O. The molecular formula is C54H70N4O10-2. The van der Waals surface area contributed by atoms with Crippen molar-refractivity contribution in [3.05, 3.63) is 71.8 Å². The van der Waals surface area contributed by atoms with E-state index in [-0.39, 0.29) is 48.9 Å². The maximum atomic E-state index is 14.9. The second-order valence-electron chi connectivity index (χ2n) is 18.0. The maximum absolute atomic E-state index is 14.9. The van der Waals surface area contributed by atoms with Gasteiger partial charge in [-0.3, -0.25) is 9.59 Å². The van der Waals surface area contributed by atoms with Gasteiger partial charge in [0.05, 0.1) is 11.4 Å². The Morgan fingerprint density at radius 2 is 0.941 bits per heavy atom. The second-order valence-corrected chi connectivity index (χ2v) is 18.0. The molecule has 4 aromatic rings. The van der Waals surface area contributed by atoms with Gasteiger partial charge in [-0.25, -0.2) is 0 Å². The molecule has 0 radical (unpaired) electrons. The van der Waals surface area contributed by atoms with Gasteiger partial charge in [0.15, 0.2) is 0 Å². The Balaban J connectivity index is 0.00000432. The van der Waals surface area contributed by atoms with E-state index in [4.69, 9.17) is 18.9 Å². The van der Waals surface area contributed by atoms with Crippen LogP contribution in [-0.2, 0) is 28.5 Å². The fourth-order valence-corrected chi connectivity index (χ4v) is 9.25. The van der Waals surface area contributed by atoms with E-state index in [2.05, 4.69) is 73.0 Å². The zero-order valence-corrected chi connectivity index (χ0v) is 40.1. The highest BCUT2D eigenvalue weighted by Gasteiger charge is 2.45. The van der Waals surface area contributed by atoms with Crippen LogP contribution in [0.25, 0.3) is 21.5 Å². The first kappa shape index (κ1) is 53.1. The fourth-order valence-electron chi connectivity index (χ4n) is 9.25. The Hall–Kier alpha value is -5.90. The minimum atomic E-state index is -1.33. The molecule has 68 heavy (non-hydrogen) atoms. The largest absolute Gasteiger partial charge is 0.851 e. The molecule has 0 bridgehead atoms. The van der Waals surface area contributed by atoms with Crippen LogP contribution >= 0.6 is 0 Å². The van der Waals surface area contributed by atoms with Gasteiger partial charge in [0, 0.05) is 35.0 Å². The lowest BCUT2D eigenvalue weighted by Gasteiger charge is -2.62. The number of anilines is 4. The summed E-state index contributed by atoms with van der Waals surface area (Å²) in [5.41, 5.74) is 1.19. The molecule has 2 unspecified atom stereocenters. The van der Waals surface area contributed by atoms with Crippen molar-refractivity contribution in [1.82, 2.24) is 0 Å². The number of rotatable bonds is 22. The molecule has 1 fully saturated rings. The van der Waals surface area contributed by atoms with Crippen LogP contribution in [0.1, 0.15) is 141 Å². The number of hydrogen-bond acceptors (Lipinski definition) is 12. The molecule has 2 atom stereocenters. The Morgan fingerprint density at radius 1 is 0.544 bits per heavy atom. The van der Waals surface area contributed by atoms with Crippen molar-refractivity contribution in [1.29, 1.82) is 0 Å². The summed E-state index contributed by atoms with van der Waals surface area (Å²) in [6, 6.07) is 19.3. The van der Waals surface area contributed by atoms with Crippen molar-refractivity contribution >= 4 is 56.2 Å². The third-order valence-corrected chi connectivity index (χ3v) is 12.9. The summed E-state index contributed by atoms with van der Waals surface area (Å²) in [4.78, 5) is 26.0. The van der Waals surface area contributed by atoms with E-state index in [1.807, 2.05) is 60.7 Å². The first-order valence-corrected chi connectivity index (χ1v) is 24.3. The maximum Gasteiger partial charge on any atom is 0.305 e. The minimum Gasteiger partial charge on any atom is -0.851 e. The molecule has 4 aromatic carbocycles. The standard InChI is InChI=1S/C54H66N4O8.2H2O/c1-5-9-13-23-43(59)65-35-53(29-33-63-31-15-11-7-3)55-41-21-17-19-37-25-27-39(49(57-53)45(37)41)47-51(61)48(52(47)62)40-28-26-38-20-18-22-42-46(38)50(40)58-54(56-42,30-34-64-32-16-12-8-4)36-66-44(60)24-14-10-6-2;;/h17-22,25-28,47-48,51-52,55-58H,5-16,23-24,31-32,35-36H2,1-4H3;2*1H2/q-2;;. The van der Waals surface area contributed by atoms with Crippen LogP contribution in [0.4, 0.5) is 22.7 Å². The van der Waals surface area contributed by atoms with Crippen LogP contribution in [0.15, 0.2) is 60.7 Å². The van der Waals surface area contributed by atoms with E-state index in [1.54, 1.807) is 0 Å². The number of ether oxygens (including phenoxy) is 4. The van der Waals surface area contributed by atoms with Crippen LogP contribution < -0.4 is 31.5 Å². The molecule has 368 valence electrons. The highest BCUT2D eigenvalue weighted by molar-refractivity contribution is 6.08. The van der Waals surface area contributed by atoms with Gasteiger partial charge in [-0.15, -0.1) is 12.2 Å². The van der Waals surface area contributed by atoms with E-state index >= 15 is 0 Å². The van der Waals surface area contributed by atoms with Gasteiger partial charge in [-0.2, -0.15) is 0 Å². The molecule has 2 aliphatic heterocycles. The van der Waals surface area contributed by atoms with Gasteiger partial charge in [-0.1, -0.05) is 128 Å². The Bertz CT molecular complexity index is 2280. The molecule has 1 aliphatic carbocycles. The van der Waals surface area contributed by atoms with E-state index in [9.17, 15) is 19.8 Å². The third-order valence-electron chi connectivity index (χ3n) is 12.9. The zero-order chi connectivity index (χ0) is 46.5. The van der Waals surface area contributed by atoms with Gasteiger partial charge in [0.2, 0.25) is 11.3 Å². The van der Waals surface area contributed by atoms with E-state index in [1.165, 1.54) is 0 Å². The fraction of sp³-hybridized carbons (Fsp3) is 0.519. The monoisotopic (exact) mass is 935 g/mol. The van der Waals surface area contributed by atoms with Crippen molar-refractivity contribution in [3.63, 3.8) is 0 Å². The quantitative estimate of drug-likeness (QED) is 0.0345. The van der Waals surface area contributed by atoms with E-state index in [0.29, 0.717) is 35.7 Å². The third kappa shape index (κ3) is 12.0. The number of hydrogen-bond donors (Lipinski definition) is 4. The summed E-state index contributed by atoms with van der Waals surface area (Å²) in [5.74, 6) is 3.87. The molecule has 1 saturated carbocycles. The Labute approximate surface area is 401 Å². The molecule has 0 aromatic heterocycles. The normalized spacial score (nSPS) is 21.5. The number of carbonyl (C=O) groups excluding carboxylic acids is 2. The van der Waals surface area contributed by atoms with Crippen molar-refractivity contribution in [2.75, 3.05) is 47.7 Å². The smallest absolute Gasteiger partial charge is 0.305 e. The van der Waals surface area contributed by atoms with Crippen LogP contribution in [0.3, 0.4) is 0 Å². The summed E-state index contributed by atoms with van der Waals surface area (Å²) >= 11 is 0. The van der Waals surface area contributed by atoms with Crippen LogP contribution in [0, 0.1) is 24.1 Å². The minimum absolute atomic E-state index is 0. The first-order chi connectivity index (χ1) is 32.2. The average Bonchev–Trinajstić information content (AvgIpc) is 3.32. The number of carbonyl (C=O) groups is 2. The summed E-state index contributed by atoms with van der Waals surface area (Å²) in [6.07, 6.45) is 14.7. The first-order valence-electron chi connectivity index (χ1n) is 24.3. The topological polar surface area (TPSA) is 228 Å². The van der Waals surface area contributed by atoms with Gasteiger partial charge in [0.25, 0.3) is 0 Å². The van der Waals surface area contributed by atoms with E-state index < -0.39 is 35.4 Å². The molecule has 0 saturated heterocycles. The molecule has 2 heterocycles. The average molecular weight is 935 g/mol. The molecule has 14 heteroatoms. The van der Waals surface area contributed by atoms with Crippen molar-refractivity contribution in [3.8, 4) is 24.1 Å². The summed E-state index contributed by atoms with van der Waals surface area (Å²) in [6.45, 7) is 9.03.